The molecule has 2 aliphatic heterocycles. The van der Waals surface area contributed by atoms with E-state index < -0.39 is 11.2 Å². The number of nitrogens with zero attached hydrogens (tertiary/aromatic N) is 2. The molecule has 0 amide bonds. The fraction of sp³-hybridized carbons (Fsp3) is 0.391. The maximum absolute atomic E-state index is 10.7. The van der Waals surface area contributed by atoms with Crippen LogP contribution in [0.4, 0.5) is 11.4 Å². The van der Waals surface area contributed by atoms with Crippen LogP contribution in [0.2, 0.25) is 0 Å². The molecular formula is C23H26N2O8. The molecule has 1 N–H and O–H groups in total. The maximum Gasteiger partial charge on any atom is 0.269 e. The van der Waals surface area contributed by atoms with E-state index in [9.17, 15) is 25.3 Å². The number of non-ortho nitro benzene ring substituents is 2. The third kappa shape index (κ3) is 6.42. The molecule has 2 aliphatic rings. The minimum atomic E-state index is -0.788. The molecule has 2 atom stereocenters. The van der Waals surface area contributed by atoms with E-state index in [0.29, 0.717) is 31.6 Å². The SMILES string of the molecule is C=C(CC1CCc2cc([N+](=O)[O-])ccc2O1)OCC.O=[N+]([O-])c1ccc2c(c1)CCC(O)O2. The Bertz CT molecular complexity index is 1040. The number of hydrogen-bond donors (Lipinski definition) is 1. The van der Waals surface area contributed by atoms with Crippen LogP contribution in [-0.4, -0.2) is 34.0 Å². The van der Waals surface area contributed by atoms with Crippen molar-refractivity contribution in [1.29, 1.82) is 0 Å². The summed E-state index contributed by atoms with van der Waals surface area (Å²) in [6.45, 7) is 6.36. The van der Waals surface area contributed by atoms with Crippen molar-refractivity contribution in [3.8, 4) is 11.5 Å². The molecule has 10 heteroatoms. The zero-order valence-electron chi connectivity index (χ0n) is 18.3. The lowest BCUT2D eigenvalue weighted by molar-refractivity contribution is -0.385. The van der Waals surface area contributed by atoms with E-state index in [1.165, 1.54) is 24.3 Å². The van der Waals surface area contributed by atoms with Crippen LogP contribution >= 0.6 is 0 Å². The van der Waals surface area contributed by atoms with E-state index in [1.807, 2.05) is 6.92 Å². The van der Waals surface area contributed by atoms with Crippen LogP contribution in [0.15, 0.2) is 48.7 Å². The van der Waals surface area contributed by atoms with Gasteiger partial charge in [0.15, 0.2) is 6.29 Å². The van der Waals surface area contributed by atoms with Crippen molar-refractivity contribution in [2.24, 2.45) is 0 Å². The molecule has 0 aliphatic carbocycles. The number of aliphatic hydroxyl groups excluding tert-OH is 1. The molecule has 2 aromatic carbocycles. The summed E-state index contributed by atoms with van der Waals surface area (Å²) < 4.78 is 16.2. The van der Waals surface area contributed by atoms with Gasteiger partial charge in [0.1, 0.15) is 17.6 Å². The van der Waals surface area contributed by atoms with Gasteiger partial charge in [-0.3, -0.25) is 20.2 Å². The Hall–Kier alpha value is -3.66. The highest BCUT2D eigenvalue weighted by molar-refractivity contribution is 5.45. The van der Waals surface area contributed by atoms with Gasteiger partial charge >= 0.3 is 0 Å². The number of aliphatic hydroxyl groups is 1. The summed E-state index contributed by atoms with van der Waals surface area (Å²) in [5.41, 5.74) is 1.85. The molecule has 2 heterocycles. The number of rotatable bonds is 6. The molecule has 2 unspecified atom stereocenters. The van der Waals surface area contributed by atoms with Crippen LogP contribution in [0.3, 0.4) is 0 Å². The van der Waals surface area contributed by atoms with Crippen molar-refractivity contribution in [2.75, 3.05) is 6.61 Å². The highest BCUT2D eigenvalue weighted by atomic mass is 16.6. The first kappa shape index (κ1) is 24.0. The monoisotopic (exact) mass is 458 g/mol. The van der Waals surface area contributed by atoms with Crippen molar-refractivity contribution < 1.29 is 29.2 Å². The highest BCUT2D eigenvalue weighted by Crippen LogP contribution is 2.32. The summed E-state index contributed by atoms with van der Waals surface area (Å²) in [5, 5.41) is 30.3. The molecule has 0 aromatic heterocycles. The van der Waals surface area contributed by atoms with E-state index in [1.54, 1.807) is 12.1 Å². The number of aryl methyl sites for hydroxylation is 2. The third-order valence-corrected chi connectivity index (χ3v) is 5.27. The van der Waals surface area contributed by atoms with Gasteiger partial charge in [0.25, 0.3) is 11.4 Å². The van der Waals surface area contributed by atoms with Gasteiger partial charge in [-0.1, -0.05) is 6.58 Å². The number of ether oxygens (including phenoxy) is 3. The van der Waals surface area contributed by atoms with Gasteiger partial charge in [-0.05, 0) is 38.3 Å². The molecule has 0 radical (unpaired) electrons. The summed E-state index contributed by atoms with van der Waals surface area (Å²) in [6.07, 6.45) is 2.59. The normalized spacial score (nSPS) is 18.2. The number of hydrogen-bond acceptors (Lipinski definition) is 8. The van der Waals surface area contributed by atoms with Gasteiger partial charge in [-0.15, -0.1) is 0 Å². The largest absolute Gasteiger partial charge is 0.499 e. The molecule has 2 aromatic rings. The summed E-state index contributed by atoms with van der Waals surface area (Å²) in [7, 11) is 0. The van der Waals surface area contributed by atoms with Crippen LogP contribution in [0.5, 0.6) is 11.5 Å². The van der Waals surface area contributed by atoms with Crippen molar-refractivity contribution in [2.45, 2.75) is 51.4 Å². The molecule has 10 nitrogen and oxygen atoms in total. The van der Waals surface area contributed by atoms with Gasteiger partial charge in [-0.2, -0.15) is 0 Å². The van der Waals surface area contributed by atoms with Gasteiger partial charge in [-0.25, -0.2) is 0 Å². The first-order valence-electron chi connectivity index (χ1n) is 10.6. The van der Waals surface area contributed by atoms with Gasteiger partial charge in [0.2, 0.25) is 0 Å². The summed E-state index contributed by atoms with van der Waals surface area (Å²) in [4.78, 5) is 20.3. The number of benzene rings is 2. The molecule has 176 valence electrons. The molecule has 0 saturated heterocycles. The Labute approximate surface area is 190 Å². The van der Waals surface area contributed by atoms with Gasteiger partial charge in [0.05, 0.1) is 22.2 Å². The third-order valence-electron chi connectivity index (χ3n) is 5.27. The molecule has 0 bridgehead atoms. The van der Waals surface area contributed by atoms with Gasteiger partial charge < -0.3 is 19.3 Å². The zero-order chi connectivity index (χ0) is 24.0. The lowest BCUT2D eigenvalue weighted by atomic mass is 9.99. The average molecular weight is 458 g/mol. The summed E-state index contributed by atoms with van der Waals surface area (Å²) >= 11 is 0. The first-order chi connectivity index (χ1) is 15.8. The van der Waals surface area contributed by atoms with Crippen LogP contribution in [0, 0.1) is 20.2 Å². The second-order valence-corrected chi connectivity index (χ2v) is 7.66. The molecule has 4 rings (SSSR count). The van der Waals surface area contributed by atoms with E-state index >= 15 is 0 Å². The quantitative estimate of drug-likeness (QED) is 0.381. The fourth-order valence-electron chi connectivity index (χ4n) is 3.68. The number of nitro groups is 2. The molecular weight excluding hydrogens is 432 g/mol. The number of fused-ring (bicyclic) bond motifs is 2. The lowest BCUT2D eigenvalue weighted by Gasteiger charge is -2.26. The molecule has 0 spiro atoms. The lowest BCUT2D eigenvalue weighted by Crippen LogP contribution is -2.23. The van der Waals surface area contributed by atoms with Gasteiger partial charge in [0, 0.05) is 48.2 Å². The molecule has 33 heavy (non-hydrogen) atoms. The van der Waals surface area contributed by atoms with E-state index in [-0.39, 0.29) is 22.4 Å². The van der Waals surface area contributed by atoms with Crippen molar-refractivity contribution in [3.63, 3.8) is 0 Å². The fourth-order valence-corrected chi connectivity index (χ4v) is 3.68. The molecule has 0 fully saturated rings. The van der Waals surface area contributed by atoms with Crippen molar-refractivity contribution in [1.82, 2.24) is 0 Å². The maximum atomic E-state index is 10.7. The van der Waals surface area contributed by atoms with Crippen molar-refractivity contribution >= 4 is 11.4 Å². The Morgan fingerprint density at radius 3 is 2.12 bits per heavy atom. The Morgan fingerprint density at radius 1 is 1.03 bits per heavy atom. The van der Waals surface area contributed by atoms with E-state index in [0.717, 1.165) is 35.5 Å². The predicted molar refractivity (Wildman–Crippen MR) is 119 cm³/mol. The zero-order valence-corrected chi connectivity index (χ0v) is 18.3. The summed E-state index contributed by atoms with van der Waals surface area (Å²) in [5.74, 6) is 1.98. The first-order valence-corrected chi connectivity index (χ1v) is 10.6. The van der Waals surface area contributed by atoms with Crippen LogP contribution in [0.1, 0.15) is 37.3 Å². The van der Waals surface area contributed by atoms with E-state index in [4.69, 9.17) is 14.2 Å². The van der Waals surface area contributed by atoms with E-state index in [2.05, 4.69) is 6.58 Å². The van der Waals surface area contributed by atoms with Crippen LogP contribution in [-0.2, 0) is 17.6 Å². The standard InChI is InChI=1S/C14H17NO4.C9H9NO4/c1-3-18-10(2)8-13-6-4-11-9-12(15(16)17)5-7-14(11)19-13;11-9-4-1-6-5-7(10(12)13)2-3-8(6)14-9/h5,7,9,13H,2-4,6,8H2,1H3;2-3,5,9,11H,1,4H2. The highest BCUT2D eigenvalue weighted by Gasteiger charge is 2.23. The Morgan fingerprint density at radius 2 is 1.58 bits per heavy atom. The minimum Gasteiger partial charge on any atom is -0.499 e. The topological polar surface area (TPSA) is 134 Å². The Balaban J connectivity index is 0.000000194. The van der Waals surface area contributed by atoms with Crippen LogP contribution < -0.4 is 9.47 Å². The Kier molecular flexibility index (Phi) is 7.83. The second kappa shape index (κ2) is 10.8. The molecule has 0 saturated carbocycles. The predicted octanol–water partition coefficient (Wildman–Crippen LogP) is 4.47. The van der Waals surface area contributed by atoms with Crippen LogP contribution in [0.25, 0.3) is 0 Å². The second-order valence-electron chi connectivity index (χ2n) is 7.66. The average Bonchev–Trinajstić information content (AvgIpc) is 2.78. The minimum absolute atomic E-state index is 0.0352. The summed E-state index contributed by atoms with van der Waals surface area (Å²) in [6, 6.07) is 9.11. The smallest absolute Gasteiger partial charge is 0.269 e. The number of nitro benzene ring substituents is 2. The van der Waals surface area contributed by atoms with Crippen molar-refractivity contribution in [3.05, 3.63) is 80.1 Å².